The van der Waals surface area contributed by atoms with Crippen LogP contribution >= 0.6 is 0 Å². The van der Waals surface area contributed by atoms with Crippen LogP contribution in [0, 0.1) is 0 Å². The smallest absolute Gasteiger partial charge is 0.255 e. The van der Waals surface area contributed by atoms with E-state index >= 15 is 0 Å². The van der Waals surface area contributed by atoms with Gasteiger partial charge in [-0.2, -0.15) is 0 Å². The maximum atomic E-state index is 13.1. The monoisotopic (exact) mass is 495 g/mol. The summed E-state index contributed by atoms with van der Waals surface area (Å²) < 4.78 is 10.5. The molecule has 4 aromatic rings. The van der Waals surface area contributed by atoms with E-state index in [-0.39, 0.29) is 11.8 Å². The predicted octanol–water partition coefficient (Wildman–Crippen LogP) is 5.07. The van der Waals surface area contributed by atoms with Crippen LogP contribution in [0.5, 0.6) is 11.5 Å². The number of hydrogen-bond donors (Lipinski definition) is 1. The summed E-state index contributed by atoms with van der Waals surface area (Å²) in [5, 5.41) is 5.13. The number of methoxy groups -OCH3 is 2. The molecular weight excluding hydrogens is 466 g/mol. The fourth-order valence-corrected chi connectivity index (χ4v) is 4.57. The van der Waals surface area contributed by atoms with Crippen LogP contribution < -0.4 is 19.7 Å². The quantitative estimate of drug-likeness (QED) is 0.404. The van der Waals surface area contributed by atoms with E-state index in [1.807, 2.05) is 65.6 Å². The Balaban J connectivity index is 1.19. The van der Waals surface area contributed by atoms with E-state index in [0.29, 0.717) is 35.8 Å². The van der Waals surface area contributed by atoms with Crippen LogP contribution in [-0.2, 0) is 0 Å². The molecule has 5 rings (SSSR count). The van der Waals surface area contributed by atoms with Crippen LogP contribution in [0.2, 0.25) is 0 Å². The second kappa shape index (κ2) is 10.6. The largest absolute Gasteiger partial charge is 0.497 e. The van der Waals surface area contributed by atoms with Crippen LogP contribution in [0.4, 0.5) is 11.4 Å². The molecule has 4 aromatic carbocycles. The van der Waals surface area contributed by atoms with Gasteiger partial charge in [0, 0.05) is 54.7 Å². The number of benzene rings is 4. The average Bonchev–Trinajstić information content (AvgIpc) is 2.96. The summed E-state index contributed by atoms with van der Waals surface area (Å²) in [6.07, 6.45) is 0. The van der Waals surface area contributed by atoms with Crippen molar-refractivity contribution in [2.24, 2.45) is 0 Å². The average molecular weight is 496 g/mol. The van der Waals surface area contributed by atoms with Gasteiger partial charge in [0.05, 0.1) is 14.2 Å². The first-order valence-electron chi connectivity index (χ1n) is 12.2. The minimum Gasteiger partial charge on any atom is -0.497 e. The zero-order valence-corrected chi connectivity index (χ0v) is 20.9. The summed E-state index contributed by atoms with van der Waals surface area (Å²) in [5.74, 6) is 0.930. The highest BCUT2D eigenvalue weighted by atomic mass is 16.5. The van der Waals surface area contributed by atoms with Gasteiger partial charge >= 0.3 is 0 Å². The molecule has 7 heteroatoms. The highest BCUT2D eigenvalue weighted by Gasteiger charge is 2.22. The van der Waals surface area contributed by atoms with Crippen molar-refractivity contribution >= 4 is 34.0 Å². The van der Waals surface area contributed by atoms with Crippen molar-refractivity contribution in [1.29, 1.82) is 0 Å². The minimum atomic E-state index is -0.245. The maximum Gasteiger partial charge on any atom is 0.255 e. The summed E-state index contributed by atoms with van der Waals surface area (Å²) in [4.78, 5) is 30.0. The molecule has 0 bridgehead atoms. The van der Waals surface area contributed by atoms with Crippen LogP contribution in [0.1, 0.15) is 20.7 Å². The van der Waals surface area contributed by atoms with Gasteiger partial charge in [0.2, 0.25) is 0 Å². The number of amides is 2. The van der Waals surface area contributed by atoms with Gasteiger partial charge in [0.15, 0.2) is 0 Å². The van der Waals surface area contributed by atoms with Gasteiger partial charge in [-0.1, -0.05) is 30.3 Å². The SMILES string of the molecule is COc1cc(OC)cc(C(=O)Nc2ccc(N3CCN(C(=O)c4ccc5ccccc5c4)CC3)cc2)c1. The van der Waals surface area contributed by atoms with Gasteiger partial charge in [0.25, 0.3) is 11.8 Å². The number of nitrogens with one attached hydrogen (secondary N) is 1. The summed E-state index contributed by atoms with van der Waals surface area (Å²) in [7, 11) is 3.10. The van der Waals surface area contributed by atoms with Crippen LogP contribution in [0.15, 0.2) is 84.9 Å². The Morgan fingerprint density at radius 1 is 0.703 bits per heavy atom. The third kappa shape index (κ3) is 5.35. The summed E-state index contributed by atoms with van der Waals surface area (Å²) in [6, 6.07) is 26.8. The Hall–Kier alpha value is -4.52. The number of rotatable bonds is 6. The van der Waals surface area contributed by atoms with E-state index in [1.54, 1.807) is 32.4 Å². The normalized spacial score (nSPS) is 13.4. The molecule has 0 aromatic heterocycles. The Morgan fingerprint density at radius 3 is 2.00 bits per heavy atom. The van der Waals surface area contributed by atoms with Crippen LogP contribution in [0.25, 0.3) is 10.8 Å². The van der Waals surface area contributed by atoms with Crippen LogP contribution in [0.3, 0.4) is 0 Å². The van der Waals surface area contributed by atoms with Gasteiger partial charge in [-0.15, -0.1) is 0 Å². The third-order valence-corrected chi connectivity index (χ3v) is 6.67. The summed E-state index contributed by atoms with van der Waals surface area (Å²) >= 11 is 0. The molecule has 1 N–H and O–H groups in total. The molecule has 0 saturated carbocycles. The maximum absolute atomic E-state index is 13.1. The van der Waals surface area contributed by atoms with E-state index in [2.05, 4.69) is 16.3 Å². The topological polar surface area (TPSA) is 71.1 Å². The van der Waals surface area contributed by atoms with E-state index in [9.17, 15) is 9.59 Å². The number of nitrogens with zero attached hydrogens (tertiary/aromatic N) is 2. The number of carbonyl (C=O) groups excluding carboxylic acids is 2. The molecule has 37 heavy (non-hydrogen) atoms. The highest BCUT2D eigenvalue weighted by Crippen LogP contribution is 2.25. The van der Waals surface area contributed by atoms with E-state index in [1.165, 1.54) is 0 Å². The third-order valence-electron chi connectivity index (χ3n) is 6.67. The van der Waals surface area contributed by atoms with Crippen molar-refractivity contribution in [2.45, 2.75) is 0 Å². The Morgan fingerprint density at radius 2 is 1.35 bits per heavy atom. The Kier molecular flexibility index (Phi) is 6.94. The highest BCUT2D eigenvalue weighted by molar-refractivity contribution is 6.05. The van der Waals surface area contributed by atoms with E-state index < -0.39 is 0 Å². The molecule has 188 valence electrons. The van der Waals surface area contributed by atoms with Gasteiger partial charge in [-0.3, -0.25) is 9.59 Å². The fourth-order valence-electron chi connectivity index (χ4n) is 4.57. The molecule has 0 aliphatic carbocycles. The number of ether oxygens (including phenoxy) is 2. The molecule has 1 heterocycles. The lowest BCUT2D eigenvalue weighted by Crippen LogP contribution is -2.48. The number of piperazine rings is 1. The number of carbonyl (C=O) groups is 2. The molecule has 7 nitrogen and oxygen atoms in total. The number of hydrogen-bond acceptors (Lipinski definition) is 5. The second-order valence-electron chi connectivity index (χ2n) is 8.94. The minimum absolute atomic E-state index is 0.0673. The van der Waals surface area contributed by atoms with Crippen LogP contribution in [-0.4, -0.2) is 57.1 Å². The number of anilines is 2. The molecule has 2 amide bonds. The molecule has 0 atom stereocenters. The molecule has 1 aliphatic heterocycles. The Bertz CT molecular complexity index is 1400. The van der Waals surface area contributed by atoms with Crippen molar-refractivity contribution in [3.05, 3.63) is 96.1 Å². The first-order valence-corrected chi connectivity index (χ1v) is 12.2. The second-order valence-corrected chi connectivity index (χ2v) is 8.94. The van der Waals surface area contributed by atoms with Crippen molar-refractivity contribution in [2.75, 3.05) is 50.6 Å². The lowest BCUT2D eigenvalue weighted by Gasteiger charge is -2.36. The molecule has 1 saturated heterocycles. The molecule has 0 radical (unpaired) electrons. The summed E-state index contributed by atoms with van der Waals surface area (Å²) in [5.41, 5.74) is 2.92. The molecule has 1 aliphatic rings. The number of fused-ring (bicyclic) bond motifs is 1. The standard InChI is InChI=1S/C30H29N3O4/c1-36-27-18-24(19-28(20-27)37-2)29(34)31-25-9-11-26(12-10-25)32-13-15-33(16-14-32)30(35)23-8-7-21-5-3-4-6-22(21)17-23/h3-12,17-20H,13-16H2,1-2H3,(H,31,34). The van der Waals surface area contributed by atoms with Gasteiger partial charge in [-0.25, -0.2) is 0 Å². The van der Waals surface area contributed by atoms with Gasteiger partial charge in [-0.05, 0) is 59.3 Å². The van der Waals surface area contributed by atoms with Gasteiger partial charge < -0.3 is 24.6 Å². The molecular formula is C30H29N3O4. The Labute approximate surface area is 216 Å². The van der Waals surface area contributed by atoms with Gasteiger partial charge in [0.1, 0.15) is 11.5 Å². The molecule has 0 spiro atoms. The summed E-state index contributed by atoms with van der Waals surface area (Å²) in [6.45, 7) is 2.80. The molecule has 1 fully saturated rings. The lowest BCUT2D eigenvalue weighted by atomic mass is 10.1. The predicted molar refractivity (Wildman–Crippen MR) is 146 cm³/mol. The zero-order chi connectivity index (χ0) is 25.8. The fraction of sp³-hybridized carbons (Fsp3) is 0.200. The lowest BCUT2D eigenvalue weighted by molar-refractivity contribution is 0.0746. The first kappa shape index (κ1) is 24.2. The van der Waals surface area contributed by atoms with E-state index in [4.69, 9.17) is 9.47 Å². The van der Waals surface area contributed by atoms with Crippen molar-refractivity contribution in [1.82, 2.24) is 4.90 Å². The zero-order valence-electron chi connectivity index (χ0n) is 20.9. The van der Waals surface area contributed by atoms with Crippen molar-refractivity contribution < 1.29 is 19.1 Å². The van der Waals surface area contributed by atoms with E-state index in [0.717, 1.165) is 35.1 Å². The van der Waals surface area contributed by atoms with Crippen molar-refractivity contribution in [3.63, 3.8) is 0 Å². The van der Waals surface area contributed by atoms with Crippen molar-refractivity contribution in [3.8, 4) is 11.5 Å². The first-order chi connectivity index (χ1) is 18.0. The molecule has 0 unspecified atom stereocenters.